The number of benzene rings is 4. The Balaban J connectivity index is 1.12. The Morgan fingerprint density at radius 2 is 1.18 bits per heavy atom. The van der Waals surface area contributed by atoms with Gasteiger partial charge in [0.05, 0.1) is 13.1 Å². The van der Waals surface area contributed by atoms with E-state index in [1.165, 1.54) is 16.8 Å². The highest BCUT2D eigenvalue weighted by atomic mass is 35.5. The number of ketones is 2. The molecule has 0 N–H and O–H groups in total. The van der Waals surface area contributed by atoms with E-state index in [0.717, 1.165) is 59.1 Å². The summed E-state index contributed by atoms with van der Waals surface area (Å²) in [5, 5.41) is 4.17. The van der Waals surface area contributed by atoms with Gasteiger partial charge in [0.25, 0.3) is 0 Å². The van der Waals surface area contributed by atoms with Gasteiger partial charge < -0.3 is 14.0 Å². The van der Waals surface area contributed by atoms with Crippen LogP contribution >= 0.6 is 34.8 Å². The van der Waals surface area contributed by atoms with E-state index in [0.29, 0.717) is 32.7 Å². The molecule has 0 radical (unpaired) electrons. The number of carbonyl (C=O) groups excluding carboxylic acids is 2. The minimum Gasteiger partial charge on any atom is -0.335 e. The van der Waals surface area contributed by atoms with Crippen LogP contribution in [0.3, 0.4) is 0 Å². The molecule has 248 valence electrons. The molecule has 0 amide bonds. The van der Waals surface area contributed by atoms with Gasteiger partial charge in [-0.05, 0) is 97.9 Å². The summed E-state index contributed by atoms with van der Waals surface area (Å²) in [6.45, 7) is 3.77. The Morgan fingerprint density at radius 3 is 1.84 bits per heavy atom. The average molecular weight is 710 g/mol. The van der Waals surface area contributed by atoms with E-state index >= 15 is 0 Å². The van der Waals surface area contributed by atoms with E-state index in [9.17, 15) is 9.59 Å². The molecule has 6 nitrogen and oxygen atoms in total. The van der Waals surface area contributed by atoms with Crippen LogP contribution in [0, 0.1) is 0 Å². The molecular weight excluding hydrogens is 675 g/mol. The summed E-state index contributed by atoms with van der Waals surface area (Å²) >= 11 is 19.1. The number of halogens is 3. The number of nitrogens with zero attached hydrogens (tertiary/aromatic N) is 4. The van der Waals surface area contributed by atoms with Crippen molar-refractivity contribution in [1.29, 1.82) is 0 Å². The van der Waals surface area contributed by atoms with Gasteiger partial charge in [0, 0.05) is 91.5 Å². The molecule has 4 aromatic carbocycles. The first kappa shape index (κ1) is 32.3. The Hall–Kier alpha value is -3.91. The summed E-state index contributed by atoms with van der Waals surface area (Å²) in [6, 6.07) is 27.0. The van der Waals surface area contributed by atoms with Crippen LogP contribution in [0.25, 0.3) is 21.8 Å². The number of hydrogen-bond acceptors (Lipinski definition) is 4. The topological polar surface area (TPSA) is 50.5 Å². The standard InChI is InChI=1S/C40H35Cl3N4O2/c1-44-16-15-30-31-17-28(42)11-13-34(31)46(36(30)20-44)22-38(48)25-5-3-24(4-6-25)33-19-45(2)21-37-40(33)32-18-29(43)12-14-35(32)47(37)23-39(49)26-7-9-27(41)10-8-26/h3-14,17-18,33H,15-16,19-23H2,1-2H3. The van der Waals surface area contributed by atoms with Crippen molar-refractivity contribution in [2.45, 2.75) is 38.5 Å². The maximum Gasteiger partial charge on any atom is 0.182 e. The van der Waals surface area contributed by atoms with Gasteiger partial charge in [-0.3, -0.25) is 14.5 Å². The smallest absolute Gasteiger partial charge is 0.182 e. The maximum atomic E-state index is 13.9. The zero-order valence-electron chi connectivity index (χ0n) is 27.3. The fourth-order valence-corrected chi connectivity index (χ4v) is 8.34. The van der Waals surface area contributed by atoms with Crippen molar-refractivity contribution >= 4 is 68.2 Å². The molecule has 0 fully saturated rings. The van der Waals surface area contributed by atoms with Gasteiger partial charge in [0.2, 0.25) is 0 Å². The molecule has 1 unspecified atom stereocenters. The van der Waals surface area contributed by atoms with Crippen LogP contribution in [0.1, 0.15) is 54.7 Å². The summed E-state index contributed by atoms with van der Waals surface area (Å²) in [5.41, 5.74) is 9.24. The van der Waals surface area contributed by atoms with Crippen LogP contribution in [0.4, 0.5) is 0 Å². The zero-order valence-corrected chi connectivity index (χ0v) is 29.6. The lowest BCUT2D eigenvalue weighted by Crippen LogP contribution is -2.32. The van der Waals surface area contributed by atoms with Crippen molar-refractivity contribution in [3.05, 3.63) is 139 Å². The van der Waals surface area contributed by atoms with Crippen molar-refractivity contribution in [2.24, 2.45) is 0 Å². The molecule has 0 saturated heterocycles. The lowest BCUT2D eigenvalue weighted by atomic mass is 9.85. The molecule has 6 aromatic rings. The van der Waals surface area contributed by atoms with Gasteiger partial charge in [0.1, 0.15) is 0 Å². The number of fused-ring (bicyclic) bond motifs is 6. The predicted molar refractivity (Wildman–Crippen MR) is 199 cm³/mol. The van der Waals surface area contributed by atoms with Crippen LogP contribution in [-0.4, -0.2) is 57.7 Å². The van der Waals surface area contributed by atoms with Crippen molar-refractivity contribution in [3.8, 4) is 0 Å². The largest absolute Gasteiger partial charge is 0.335 e. The molecule has 49 heavy (non-hydrogen) atoms. The first-order valence-corrected chi connectivity index (χ1v) is 17.7. The average Bonchev–Trinajstić information content (AvgIpc) is 3.54. The number of Topliss-reactive ketones (excluding diaryl/α,β-unsaturated/α-hetero) is 2. The summed E-state index contributed by atoms with van der Waals surface area (Å²) in [6.07, 6.45) is 0.938. The van der Waals surface area contributed by atoms with Gasteiger partial charge in [-0.1, -0.05) is 59.1 Å². The normalized spacial score (nSPS) is 16.6. The Morgan fingerprint density at radius 1 is 0.653 bits per heavy atom. The second-order valence-electron chi connectivity index (χ2n) is 13.5. The molecule has 2 aliphatic heterocycles. The molecule has 2 aromatic heterocycles. The van der Waals surface area contributed by atoms with E-state index in [1.54, 1.807) is 24.3 Å². The van der Waals surface area contributed by atoms with Gasteiger partial charge >= 0.3 is 0 Å². The number of likely N-dealkylation sites (N-methyl/N-ethyl adjacent to an activating group) is 2. The third kappa shape index (κ3) is 5.90. The summed E-state index contributed by atoms with van der Waals surface area (Å²) < 4.78 is 4.32. The molecule has 1 atom stereocenters. The first-order valence-electron chi connectivity index (χ1n) is 16.5. The molecular formula is C40H35Cl3N4O2. The van der Waals surface area contributed by atoms with Crippen LogP contribution in [0.15, 0.2) is 84.9 Å². The van der Waals surface area contributed by atoms with Crippen molar-refractivity contribution < 1.29 is 9.59 Å². The molecule has 2 aliphatic rings. The van der Waals surface area contributed by atoms with Gasteiger partial charge in [0.15, 0.2) is 11.6 Å². The lowest BCUT2D eigenvalue weighted by molar-refractivity contribution is 0.0963. The second-order valence-corrected chi connectivity index (χ2v) is 14.8. The molecule has 0 saturated carbocycles. The molecule has 9 heteroatoms. The van der Waals surface area contributed by atoms with Gasteiger partial charge in [-0.25, -0.2) is 0 Å². The van der Waals surface area contributed by atoms with Crippen molar-refractivity contribution in [1.82, 2.24) is 18.9 Å². The molecule has 4 heterocycles. The molecule has 0 aliphatic carbocycles. The Bertz CT molecular complexity index is 2270. The predicted octanol–water partition coefficient (Wildman–Crippen LogP) is 8.89. The van der Waals surface area contributed by atoms with Gasteiger partial charge in [-0.15, -0.1) is 0 Å². The highest BCUT2D eigenvalue weighted by Gasteiger charge is 2.32. The van der Waals surface area contributed by atoms with E-state index < -0.39 is 0 Å². The maximum absolute atomic E-state index is 13.9. The highest BCUT2D eigenvalue weighted by molar-refractivity contribution is 6.32. The minimum absolute atomic E-state index is 0.0189. The van der Waals surface area contributed by atoms with Crippen molar-refractivity contribution in [2.75, 3.05) is 27.2 Å². The summed E-state index contributed by atoms with van der Waals surface area (Å²) in [4.78, 5) is 31.9. The van der Waals surface area contributed by atoms with E-state index in [2.05, 4.69) is 45.2 Å². The Labute approximate surface area is 300 Å². The third-order valence-electron chi connectivity index (χ3n) is 10.3. The lowest BCUT2D eigenvalue weighted by Gasteiger charge is -2.32. The fraction of sp³-hybridized carbons (Fsp3) is 0.250. The first-order chi connectivity index (χ1) is 23.6. The van der Waals surface area contributed by atoms with Crippen LogP contribution in [0.5, 0.6) is 0 Å². The summed E-state index contributed by atoms with van der Waals surface area (Å²) in [7, 11) is 4.23. The number of rotatable bonds is 7. The molecule has 8 rings (SSSR count). The van der Waals surface area contributed by atoms with Crippen molar-refractivity contribution in [3.63, 3.8) is 0 Å². The van der Waals surface area contributed by atoms with Crippen LogP contribution in [-0.2, 0) is 32.6 Å². The number of aromatic nitrogens is 2. The van der Waals surface area contributed by atoms with E-state index in [4.69, 9.17) is 34.8 Å². The minimum atomic E-state index is 0.0189. The molecule has 0 bridgehead atoms. The number of hydrogen-bond donors (Lipinski definition) is 0. The second kappa shape index (κ2) is 12.8. The fourth-order valence-electron chi connectivity index (χ4n) is 7.87. The summed E-state index contributed by atoms with van der Waals surface area (Å²) in [5.74, 6) is 0.122. The third-order valence-corrected chi connectivity index (χ3v) is 11.0. The SMILES string of the molecule is CN1CCc2c(n(CC(=O)c3ccc(C4CN(C)Cc5c4c4cc(Cl)ccc4n5CC(=O)c4ccc(Cl)cc4)cc3)c3ccc(Cl)cc23)C1. The van der Waals surface area contributed by atoms with E-state index in [-0.39, 0.29) is 30.6 Å². The number of carbonyl (C=O) groups is 2. The van der Waals surface area contributed by atoms with Crippen LogP contribution < -0.4 is 0 Å². The van der Waals surface area contributed by atoms with E-state index in [1.807, 2.05) is 48.5 Å². The van der Waals surface area contributed by atoms with Crippen LogP contribution in [0.2, 0.25) is 15.1 Å². The van der Waals surface area contributed by atoms with Gasteiger partial charge in [-0.2, -0.15) is 0 Å². The quantitative estimate of drug-likeness (QED) is 0.156. The zero-order chi connectivity index (χ0) is 34.0. The highest BCUT2D eigenvalue weighted by Crippen LogP contribution is 2.41. The Kier molecular flexibility index (Phi) is 8.41. The monoisotopic (exact) mass is 708 g/mol. The molecule has 0 spiro atoms.